The van der Waals surface area contributed by atoms with E-state index in [1.807, 2.05) is 0 Å². The highest BCUT2D eigenvalue weighted by Crippen LogP contribution is 2.14. The first-order chi connectivity index (χ1) is 28.5. The van der Waals surface area contributed by atoms with Gasteiger partial charge >= 0.3 is 17.9 Å². The van der Waals surface area contributed by atoms with Gasteiger partial charge in [0.25, 0.3) is 0 Å². The topological polar surface area (TPSA) is 78.9 Å². The average Bonchev–Trinajstić information content (AvgIpc) is 3.22. The summed E-state index contributed by atoms with van der Waals surface area (Å²) in [5.41, 5.74) is 0. The molecule has 0 spiro atoms. The summed E-state index contributed by atoms with van der Waals surface area (Å²) in [4.78, 5) is 37.7. The largest absolute Gasteiger partial charge is 0.462 e. The average molecular weight is 811 g/mol. The van der Waals surface area contributed by atoms with Gasteiger partial charge in [0.1, 0.15) is 13.2 Å². The third-order valence-electron chi connectivity index (χ3n) is 10.3. The number of carbonyl (C=O) groups excluding carboxylic acids is 3. The Morgan fingerprint density at radius 1 is 0.379 bits per heavy atom. The molecule has 0 saturated carbocycles. The highest BCUT2D eigenvalue weighted by molar-refractivity contribution is 5.71. The maximum atomic E-state index is 12.7. The van der Waals surface area contributed by atoms with Gasteiger partial charge in [-0.15, -0.1) is 0 Å². The Bertz CT molecular complexity index is 1070. The molecule has 0 aromatic carbocycles. The number of allylic oxidation sites excluding steroid dienone is 10. The van der Waals surface area contributed by atoms with E-state index in [0.29, 0.717) is 19.3 Å². The van der Waals surface area contributed by atoms with Crippen LogP contribution in [0.2, 0.25) is 0 Å². The zero-order chi connectivity index (χ0) is 42.3. The third kappa shape index (κ3) is 44.2. The molecule has 0 rings (SSSR count). The lowest BCUT2D eigenvalue weighted by Gasteiger charge is -2.18. The minimum absolute atomic E-state index is 0.0896. The van der Waals surface area contributed by atoms with Crippen molar-refractivity contribution < 1.29 is 28.6 Å². The van der Waals surface area contributed by atoms with Gasteiger partial charge in [-0.2, -0.15) is 0 Å². The Labute approximate surface area is 358 Å². The molecule has 1 atom stereocenters. The van der Waals surface area contributed by atoms with Crippen molar-refractivity contribution in [2.75, 3.05) is 13.2 Å². The molecule has 0 amide bonds. The second-order valence-electron chi connectivity index (χ2n) is 16.0. The van der Waals surface area contributed by atoms with Crippen LogP contribution in [0, 0.1) is 0 Å². The van der Waals surface area contributed by atoms with Crippen molar-refractivity contribution in [3.05, 3.63) is 60.8 Å². The molecule has 0 aliphatic heterocycles. The lowest BCUT2D eigenvalue weighted by atomic mass is 10.1. The molecule has 0 aromatic heterocycles. The molecule has 0 heterocycles. The quantitative estimate of drug-likeness (QED) is 0.0201. The van der Waals surface area contributed by atoms with Gasteiger partial charge in [-0.1, -0.05) is 197 Å². The van der Waals surface area contributed by atoms with E-state index in [9.17, 15) is 14.4 Å². The highest BCUT2D eigenvalue weighted by atomic mass is 16.6. The van der Waals surface area contributed by atoms with Gasteiger partial charge in [-0.25, -0.2) is 0 Å². The minimum Gasteiger partial charge on any atom is -0.462 e. The van der Waals surface area contributed by atoms with Crippen molar-refractivity contribution in [2.45, 2.75) is 239 Å². The summed E-state index contributed by atoms with van der Waals surface area (Å²) in [6, 6.07) is 0. The van der Waals surface area contributed by atoms with Crippen molar-refractivity contribution in [2.24, 2.45) is 0 Å². The summed E-state index contributed by atoms with van der Waals surface area (Å²) < 4.78 is 16.7. The molecule has 0 N–H and O–H groups in total. The van der Waals surface area contributed by atoms with Crippen molar-refractivity contribution in [1.29, 1.82) is 0 Å². The summed E-state index contributed by atoms with van der Waals surface area (Å²) in [5, 5.41) is 0. The van der Waals surface area contributed by atoms with Gasteiger partial charge in [0, 0.05) is 19.3 Å². The molecule has 0 bridgehead atoms. The standard InChI is InChI=1S/C52H90O6/c1-4-7-10-13-16-19-21-23-24-25-26-27-28-29-31-33-36-39-42-45-51(54)57-48-49(47-56-50(53)44-41-38-35-32-18-15-12-9-6-3)58-52(55)46-43-40-37-34-30-22-20-17-14-11-8-5-2/h8,11,16-17,19-21,23,30,34,49H,4-7,9-10,12-15,18,22,24-29,31-33,35-48H2,1-3H3/b11-8-,19-16-,20-17-,23-21-,34-30-. The Morgan fingerprint density at radius 2 is 0.724 bits per heavy atom. The maximum Gasteiger partial charge on any atom is 0.306 e. The Hall–Kier alpha value is -2.89. The molecule has 0 radical (unpaired) electrons. The Morgan fingerprint density at radius 3 is 1.22 bits per heavy atom. The van der Waals surface area contributed by atoms with Crippen LogP contribution in [0.3, 0.4) is 0 Å². The predicted molar refractivity (Wildman–Crippen MR) is 247 cm³/mol. The van der Waals surface area contributed by atoms with E-state index in [1.165, 1.54) is 116 Å². The number of ether oxygens (including phenoxy) is 3. The van der Waals surface area contributed by atoms with Crippen LogP contribution in [0.4, 0.5) is 0 Å². The van der Waals surface area contributed by atoms with Gasteiger partial charge in [0.2, 0.25) is 0 Å². The molecule has 0 aliphatic carbocycles. The summed E-state index contributed by atoms with van der Waals surface area (Å²) in [6.07, 6.45) is 56.4. The van der Waals surface area contributed by atoms with Crippen molar-refractivity contribution in [3.63, 3.8) is 0 Å². The monoisotopic (exact) mass is 811 g/mol. The molecular formula is C52H90O6. The van der Waals surface area contributed by atoms with Crippen LogP contribution < -0.4 is 0 Å². The Balaban J connectivity index is 4.33. The molecule has 58 heavy (non-hydrogen) atoms. The summed E-state index contributed by atoms with van der Waals surface area (Å²) in [5.74, 6) is -0.936. The van der Waals surface area contributed by atoms with Gasteiger partial charge in [0.15, 0.2) is 6.10 Å². The van der Waals surface area contributed by atoms with Crippen LogP contribution in [0.1, 0.15) is 233 Å². The molecule has 0 fully saturated rings. The highest BCUT2D eigenvalue weighted by Gasteiger charge is 2.19. The second kappa shape index (κ2) is 46.8. The van der Waals surface area contributed by atoms with E-state index in [0.717, 1.165) is 70.6 Å². The number of hydrogen-bond acceptors (Lipinski definition) is 6. The lowest BCUT2D eigenvalue weighted by molar-refractivity contribution is -0.167. The van der Waals surface area contributed by atoms with Crippen molar-refractivity contribution >= 4 is 17.9 Å². The molecule has 6 heteroatoms. The third-order valence-corrected chi connectivity index (χ3v) is 10.3. The molecule has 0 aliphatic rings. The van der Waals surface area contributed by atoms with Crippen molar-refractivity contribution in [1.82, 2.24) is 0 Å². The van der Waals surface area contributed by atoms with Gasteiger partial charge in [-0.05, 0) is 77.0 Å². The molecular weight excluding hydrogens is 721 g/mol. The number of unbranched alkanes of at least 4 members (excludes halogenated alkanes) is 23. The molecule has 0 saturated heterocycles. The van der Waals surface area contributed by atoms with Crippen LogP contribution in [-0.2, 0) is 28.6 Å². The molecule has 1 unspecified atom stereocenters. The maximum absolute atomic E-state index is 12.7. The fourth-order valence-corrected chi connectivity index (χ4v) is 6.62. The van der Waals surface area contributed by atoms with Gasteiger partial charge < -0.3 is 14.2 Å². The number of rotatable bonds is 43. The van der Waals surface area contributed by atoms with E-state index in [2.05, 4.69) is 81.5 Å². The van der Waals surface area contributed by atoms with E-state index in [4.69, 9.17) is 14.2 Å². The second-order valence-corrected chi connectivity index (χ2v) is 16.0. The van der Waals surface area contributed by atoms with Crippen LogP contribution >= 0.6 is 0 Å². The minimum atomic E-state index is -0.791. The van der Waals surface area contributed by atoms with E-state index < -0.39 is 6.10 Å². The van der Waals surface area contributed by atoms with Crippen LogP contribution in [0.5, 0.6) is 0 Å². The lowest BCUT2D eigenvalue weighted by Crippen LogP contribution is -2.30. The van der Waals surface area contributed by atoms with Gasteiger partial charge in [-0.3, -0.25) is 14.4 Å². The van der Waals surface area contributed by atoms with E-state index in [-0.39, 0.29) is 37.5 Å². The molecule has 334 valence electrons. The number of hydrogen-bond donors (Lipinski definition) is 0. The van der Waals surface area contributed by atoms with Crippen molar-refractivity contribution in [3.8, 4) is 0 Å². The first-order valence-corrected chi connectivity index (χ1v) is 24.3. The van der Waals surface area contributed by atoms with Crippen LogP contribution in [0.15, 0.2) is 60.8 Å². The summed E-state index contributed by atoms with van der Waals surface area (Å²) in [6.45, 7) is 6.43. The smallest absolute Gasteiger partial charge is 0.306 e. The zero-order valence-corrected chi connectivity index (χ0v) is 38.0. The SMILES string of the molecule is CC/C=C\C/C=C\C/C=C\CCCCC(=O)OC(COC(=O)CCCCCCCCCCC)COC(=O)CCCCCCCCCCCC/C=C\C=C/CCCCC. The number of carbonyl (C=O) groups is 3. The predicted octanol–water partition coefficient (Wildman–Crippen LogP) is 15.7. The van der Waals surface area contributed by atoms with Crippen LogP contribution in [-0.4, -0.2) is 37.2 Å². The fraction of sp³-hybridized carbons (Fsp3) is 0.750. The van der Waals surface area contributed by atoms with E-state index in [1.54, 1.807) is 0 Å². The summed E-state index contributed by atoms with van der Waals surface area (Å²) >= 11 is 0. The summed E-state index contributed by atoms with van der Waals surface area (Å²) in [7, 11) is 0. The molecule has 6 nitrogen and oxygen atoms in total. The first kappa shape index (κ1) is 55.1. The fourth-order valence-electron chi connectivity index (χ4n) is 6.62. The number of esters is 3. The Kier molecular flexibility index (Phi) is 44.5. The van der Waals surface area contributed by atoms with Crippen LogP contribution in [0.25, 0.3) is 0 Å². The normalized spacial score (nSPS) is 12.5. The first-order valence-electron chi connectivity index (χ1n) is 24.3. The van der Waals surface area contributed by atoms with Gasteiger partial charge in [0.05, 0.1) is 0 Å². The molecule has 0 aromatic rings. The van der Waals surface area contributed by atoms with E-state index >= 15 is 0 Å². The zero-order valence-electron chi connectivity index (χ0n) is 38.0.